The summed E-state index contributed by atoms with van der Waals surface area (Å²) in [6.45, 7) is 4.07. The van der Waals surface area contributed by atoms with Crippen LogP contribution in [0.15, 0.2) is 54.7 Å². The van der Waals surface area contributed by atoms with E-state index < -0.39 is 0 Å². The van der Waals surface area contributed by atoms with Crippen LogP contribution >= 0.6 is 0 Å². The normalized spacial score (nSPS) is 11.2. The highest BCUT2D eigenvalue weighted by Gasteiger charge is 2.07. The molecule has 0 fully saturated rings. The minimum atomic E-state index is -0.00285. The van der Waals surface area contributed by atoms with E-state index in [-0.39, 0.29) is 5.91 Å². The summed E-state index contributed by atoms with van der Waals surface area (Å²) in [6, 6.07) is 16.9. The van der Waals surface area contributed by atoms with Crippen LogP contribution in [0.5, 0.6) is 0 Å². The second-order valence-electron chi connectivity index (χ2n) is 6.58. The molecule has 2 aromatic carbocycles. The highest BCUT2D eigenvalue weighted by molar-refractivity contribution is 5.84. The Kier molecular flexibility index (Phi) is 5.51. The van der Waals surface area contributed by atoms with Gasteiger partial charge in [0.25, 0.3) is 0 Å². The number of rotatable bonds is 7. The molecular formula is C21H25N3O. The van der Waals surface area contributed by atoms with Gasteiger partial charge in [-0.2, -0.15) is 0 Å². The molecule has 25 heavy (non-hydrogen) atoms. The maximum atomic E-state index is 11.1. The molecule has 0 saturated heterocycles. The van der Waals surface area contributed by atoms with E-state index in [1.165, 1.54) is 16.5 Å². The lowest BCUT2D eigenvalue weighted by molar-refractivity contribution is -0.119. The van der Waals surface area contributed by atoms with E-state index in [2.05, 4.69) is 70.9 Å². The quantitative estimate of drug-likeness (QED) is 0.694. The van der Waals surface area contributed by atoms with Crippen LogP contribution in [-0.2, 0) is 24.3 Å². The Morgan fingerprint density at radius 3 is 2.68 bits per heavy atom. The summed E-state index contributed by atoms with van der Waals surface area (Å²) >= 11 is 0. The number of carbonyl (C=O) groups excluding carboxylic acids is 1. The second kappa shape index (κ2) is 7.99. The molecule has 0 atom stereocenters. The lowest BCUT2D eigenvalue weighted by Gasteiger charge is -2.16. The van der Waals surface area contributed by atoms with E-state index >= 15 is 0 Å². The van der Waals surface area contributed by atoms with Crippen molar-refractivity contribution in [2.24, 2.45) is 0 Å². The summed E-state index contributed by atoms with van der Waals surface area (Å²) in [5.41, 5.74) is 4.93. The molecule has 0 radical (unpaired) electrons. The Morgan fingerprint density at radius 2 is 1.92 bits per heavy atom. The fourth-order valence-electron chi connectivity index (χ4n) is 3.05. The molecule has 2 N–H and O–H groups in total. The minimum Gasteiger partial charge on any atom is -0.361 e. The second-order valence-corrected chi connectivity index (χ2v) is 6.58. The van der Waals surface area contributed by atoms with Gasteiger partial charge in [-0.05, 0) is 42.3 Å². The van der Waals surface area contributed by atoms with Crippen molar-refractivity contribution in [3.05, 3.63) is 71.4 Å². The molecule has 0 aliphatic carbocycles. The van der Waals surface area contributed by atoms with E-state index in [1.807, 2.05) is 6.07 Å². The molecule has 3 rings (SSSR count). The number of aromatic amines is 1. The SMILES string of the molecule is CC(=O)NCc1ccc2[nH]cc(CCN(C)Cc3ccccc3)c2c1. The molecule has 0 spiro atoms. The number of hydrogen-bond acceptors (Lipinski definition) is 2. The van der Waals surface area contributed by atoms with Gasteiger partial charge >= 0.3 is 0 Å². The Bertz CT molecular complexity index is 839. The maximum absolute atomic E-state index is 11.1. The third-order valence-electron chi connectivity index (χ3n) is 4.43. The number of hydrogen-bond donors (Lipinski definition) is 2. The van der Waals surface area contributed by atoms with Crippen LogP contribution in [0.25, 0.3) is 10.9 Å². The number of likely N-dealkylation sites (N-methyl/N-ethyl adjacent to an activating group) is 1. The molecule has 1 aromatic heterocycles. The fourth-order valence-corrected chi connectivity index (χ4v) is 3.05. The molecule has 4 heteroatoms. The molecule has 1 heterocycles. The van der Waals surface area contributed by atoms with Crippen molar-refractivity contribution in [2.45, 2.75) is 26.4 Å². The first-order valence-corrected chi connectivity index (χ1v) is 8.67. The first kappa shape index (κ1) is 17.2. The lowest BCUT2D eigenvalue weighted by Crippen LogP contribution is -2.20. The molecule has 130 valence electrons. The highest BCUT2D eigenvalue weighted by atomic mass is 16.1. The number of benzene rings is 2. The third-order valence-corrected chi connectivity index (χ3v) is 4.43. The standard InChI is InChI=1S/C21H25N3O/c1-16(25)22-13-18-8-9-21-20(12-18)19(14-23-21)10-11-24(2)15-17-6-4-3-5-7-17/h3-9,12,14,23H,10-11,13,15H2,1-2H3,(H,22,25). The first-order valence-electron chi connectivity index (χ1n) is 8.67. The van der Waals surface area contributed by atoms with E-state index in [9.17, 15) is 4.79 Å². The van der Waals surface area contributed by atoms with Crippen LogP contribution in [-0.4, -0.2) is 29.4 Å². The Hall–Kier alpha value is -2.59. The summed E-state index contributed by atoms with van der Waals surface area (Å²) in [5.74, 6) is -0.00285. The smallest absolute Gasteiger partial charge is 0.217 e. The zero-order valence-electron chi connectivity index (χ0n) is 14.9. The fraction of sp³-hybridized carbons (Fsp3) is 0.286. The van der Waals surface area contributed by atoms with Gasteiger partial charge in [0.2, 0.25) is 5.91 Å². The number of aromatic nitrogens is 1. The monoisotopic (exact) mass is 335 g/mol. The van der Waals surface area contributed by atoms with Crippen LogP contribution < -0.4 is 5.32 Å². The summed E-state index contributed by atoms with van der Waals surface area (Å²) in [4.78, 5) is 16.8. The lowest BCUT2D eigenvalue weighted by atomic mass is 10.1. The summed E-state index contributed by atoms with van der Waals surface area (Å²) < 4.78 is 0. The van der Waals surface area contributed by atoms with Crippen LogP contribution in [0, 0.1) is 0 Å². The topological polar surface area (TPSA) is 48.1 Å². The summed E-state index contributed by atoms with van der Waals surface area (Å²) in [7, 11) is 2.16. The average Bonchev–Trinajstić information content (AvgIpc) is 3.01. The van der Waals surface area contributed by atoms with E-state index in [0.717, 1.165) is 30.6 Å². The molecule has 0 unspecified atom stereocenters. The van der Waals surface area contributed by atoms with E-state index in [0.29, 0.717) is 6.54 Å². The average molecular weight is 335 g/mol. The Balaban J connectivity index is 1.64. The van der Waals surface area contributed by atoms with Gasteiger partial charge in [0.1, 0.15) is 0 Å². The third kappa shape index (κ3) is 4.70. The van der Waals surface area contributed by atoms with E-state index in [4.69, 9.17) is 0 Å². The van der Waals surface area contributed by atoms with Crippen molar-refractivity contribution in [1.29, 1.82) is 0 Å². The number of nitrogens with zero attached hydrogens (tertiary/aromatic N) is 1. The molecule has 1 amide bonds. The van der Waals surface area contributed by atoms with Crippen LogP contribution in [0.4, 0.5) is 0 Å². The molecule has 0 saturated carbocycles. The van der Waals surface area contributed by atoms with Crippen LogP contribution in [0.3, 0.4) is 0 Å². The summed E-state index contributed by atoms with van der Waals surface area (Å²) in [5, 5.41) is 4.10. The van der Waals surface area contributed by atoms with Crippen LogP contribution in [0.2, 0.25) is 0 Å². The molecular weight excluding hydrogens is 310 g/mol. The Labute approximate surface area is 148 Å². The number of H-pyrrole nitrogens is 1. The number of nitrogens with one attached hydrogen (secondary N) is 2. The van der Waals surface area contributed by atoms with Gasteiger partial charge in [-0.25, -0.2) is 0 Å². The number of carbonyl (C=O) groups is 1. The number of amides is 1. The largest absolute Gasteiger partial charge is 0.361 e. The van der Waals surface area contributed by atoms with Gasteiger partial charge in [0.15, 0.2) is 0 Å². The maximum Gasteiger partial charge on any atom is 0.217 e. The highest BCUT2D eigenvalue weighted by Crippen LogP contribution is 2.21. The van der Waals surface area contributed by atoms with Gasteiger partial charge in [-0.15, -0.1) is 0 Å². The Morgan fingerprint density at radius 1 is 1.12 bits per heavy atom. The zero-order valence-corrected chi connectivity index (χ0v) is 14.9. The van der Waals surface area contributed by atoms with Gasteiger partial charge in [0.05, 0.1) is 0 Å². The van der Waals surface area contributed by atoms with Crippen LogP contribution in [0.1, 0.15) is 23.6 Å². The van der Waals surface area contributed by atoms with Gasteiger partial charge in [0, 0.05) is 43.7 Å². The molecule has 4 nitrogen and oxygen atoms in total. The molecule has 0 aliphatic heterocycles. The van der Waals surface area contributed by atoms with Gasteiger partial charge in [-0.1, -0.05) is 36.4 Å². The van der Waals surface area contributed by atoms with Crippen molar-refractivity contribution < 1.29 is 4.79 Å². The minimum absolute atomic E-state index is 0.00285. The van der Waals surface area contributed by atoms with Crippen molar-refractivity contribution in [2.75, 3.05) is 13.6 Å². The van der Waals surface area contributed by atoms with Crippen molar-refractivity contribution >= 4 is 16.8 Å². The predicted octanol–water partition coefficient (Wildman–Crippen LogP) is 3.48. The first-order chi connectivity index (χ1) is 12.1. The molecule has 3 aromatic rings. The zero-order chi connectivity index (χ0) is 17.6. The predicted molar refractivity (Wildman–Crippen MR) is 102 cm³/mol. The molecule has 0 aliphatic rings. The van der Waals surface area contributed by atoms with Gasteiger partial charge in [-0.3, -0.25) is 4.79 Å². The molecule has 0 bridgehead atoms. The number of fused-ring (bicyclic) bond motifs is 1. The van der Waals surface area contributed by atoms with E-state index in [1.54, 1.807) is 6.92 Å². The summed E-state index contributed by atoms with van der Waals surface area (Å²) in [6.07, 6.45) is 3.09. The van der Waals surface area contributed by atoms with Crippen molar-refractivity contribution in [3.63, 3.8) is 0 Å². The van der Waals surface area contributed by atoms with Crippen molar-refractivity contribution in [3.8, 4) is 0 Å². The van der Waals surface area contributed by atoms with Crippen molar-refractivity contribution in [1.82, 2.24) is 15.2 Å². The van der Waals surface area contributed by atoms with Gasteiger partial charge < -0.3 is 15.2 Å².